The van der Waals surface area contributed by atoms with E-state index in [1.807, 2.05) is 36.4 Å². The van der Waals surface area contributed by atoms with E-state index in [4.69, 9.17) is 28.4 Å². The Kier molecular flexibility index (Phi) is 8.72. The van der Waals surface area contributed by atoms with Crippen molar-refractivity contribution in [2.24, 2.45) is 0 Å². The highest BCUT2D eigenvalue weighted by Crippen LogP contribution is 2.59. The molecule has 3 aliphatic rings. The third-order valence-corrected chi connectivity index (χ3v) is 8.83. The lowest BCUT2D eigenvalue weighted by atomic mass is 9.83. The highest BCUT2D eigenvalue weighted by atomic mass is 16.7. The van der Waals surface area contributed by atoms with Crippen LogP contribution in [0.3, 0.4) is 0 Å². The highest BCUT2D eigenvalue weighted by Gasteiger charge is 2.59. The van der Waals surface area contributed by atoms with Crippen molar-refractivity contribution in [3.63, 3.8) is 0 Å². The first-order chi connectivity index (χ1) is 22.2. The molecule has 3 aliphatic heterocycles. The Bertz CT molecular complexity index is 1600. The molecule has 13 heteroatoms. The smallest absolute Gasteiger partial charge is 0.340 e. The van der Waals surface area contributed by atoms with Crippen molar-refractivity contribution in [3.05, 3.63) is 65.2 Å². The van der Waals surface area contributed by atoms with Gasteiger partial charge < -0.3 is 59.3 Å². The van der Waals surface area contributed by atoms with Crippen molar-refractivity contribution in [1.29, 1.82) is 0 Å². The summed E-state index contributed by atoms with van der Waals surface area (Å²) in [6, 6.07) is 14.6. The van der Waals surface area contributed by atoms with Gasteiger partial charge >= 0.3 is 5.97 Å². The van der Waals surface area contributed by atoms with Gasteiger partial charge in [0.1, 0.15) is 35.9 Å². The maximum Gasteiger partial charge on any atom is 0.340 e. The van der Waals surface area contributed by atoms with Gasteiger partial charge in [0.25, 0.3) is 0 Å². The number of benzene rings is 3. The number of nitrogens with one attached hydrogen (secondary N) is 1. The molecule has 246 valence electrons. The summed E-state index contributed by atoms with van der Waals surface area (Å²) in [6.07, 6.45) is -7.41. The van der Waals surface area contributed by atoms with Crippen molar-refractivity contribution in [3.8, 4) is 39.9 Å². The molecule has 0 amide bonds. The van der Waals surface area contributed by atoms with E-state index in [9.17, 15) is 30.3 Å². The number of rotatable bonds is 10. The van der Waals surface area contributed by atoms with Crippen LogP contribution in [0.4, 0.5) is 0 Å². The second-order valence-corrected chi connectivity index (χ2v) is 11.4. The minimum absolute atomic E-state index is 0.0784. The number of aliphatic hydroxyl groups excluding tert-OH is 4. The number of carbonyl (C=O) groups is 1. The van der Waals surface area contributed by atoms with E-state index < -0.39 is 42.3 Å². The summed E-state index contributed by atoms with van der Waals surface area (Å²) in [5, 5.41) is 54.5. The molecule has 3 heterocycles. The maximum atomic E-state index is 12.3. The number of carboxylic acids is 1. The molecule has 7 atom stereocenters. The van der Waals surface area contributed by atoms with Gasteiger partial charge in [0, 0.05) is 30.3 Å². The van der Waals surface area contributed by atoms with Crippen molar-refractivity contribution < 1.29 is 58.7 Å². The van der Waals surface area contributed by atoms with Gasteiger partial charge in [-0.15, -0.1) is 0 Å². The molecule has 0 aliphatic carbocycles. The average molecular weight is 640 g/mol. The van der Waals surface area contributed by atoms with Crippen molar-refractivity contribution in [2.75, 3.05) is 41.0 Å². The van der Waals surface area contributed by atoms with Crippen LogP contribution >= 0.6 is 0 Å². The maximum absolute atomic E-state index is 12.3. The molecule has 1 saturated heterocycles. The molecule has 0 bridgehead atoms. The van der Waals surface area contributed by atoms with E-state index in [0.29, 0.717) is 35.0 Å². The van der Waals surface area contributed by atoms with Crippen LogP contribution in [0.1, 0.15) is 28.7 Å². The number of methoxy groups -OCH3 is 2. The fourth-order valence-corrected chi connectivity index (χ4v) is 6.65. The summed E-state index contributed by atoms with van der Waals surface area (Å²) in [7, 11) is 4.54. The Hall–Kier alpha value is -4.11. The van der Waals surface area contributed by atoms with Gasteiger partial charge in [-0.2, -0.15) is 0 Å². The second kappa shape index (κ2) is 12.6. The normalized spacial score (nSPS) is 27.8. The lowest BCUT2D eigenvalue weighted by molar-refractivity contribution is -0.305. The molecule has 0 radical (unpaired) electrons. The number of aliphatic carboxylic acids is 1. The van der Waals surface area contributed by atoms with Crippen LogP contribution in [-0.2, 0) is 16.0 Å². The van der Waals surface area contributed by atoms with E-state index in [1.165, 1.54) is 21.3 Å². The van der Waals surface area contributed by atoms with Gasteiger partial charge in [0.2, 0.25) is 17.6 Å². The van der Waals surface area contributed by atoms with Crippen LogP contribution in [0, 0.1) is 0 Å². The molecule has 0 unspecified atom stereocenters. The summed E-state index contributed by atoms with van der Waals surface area (Å²) < 4.78 is 36.0. The summed E-state index contributed by atoms with van der Waals surface area (Å²) in [5.74, 6) is 0.209. The van der Waals surface area contributed by atoms with Crippen molar-refractivity contribution >= 4 is 5.97 Å². The molecule has 6 N–H and O–H groups in total. The van der Waals surface area contributed by atoms with Crippen LogP contribution in [0.5, 0.6) is 28.7 Å². The fraction of sp³-hybridized carbons (Fsp3) is 0.424. The van der Waals surface area contributed by atoms with Crippen LogP contribution < -0.4 is 29.0 Å². The molecule has 3 aromatic rings. The number of fused-ring (bicyclic) bond motifs is 5. The summed E-state index contributed by atoms with van der Waals surface area (Å²) in [6.45, 7) is -0.234. The summed E-state index contributed by atoms with van der Waals surface area (Å²) in [4.78, 5) is 12.3. The van der Waals surface area contributed by atoms with E-state index in [1.54, 1.807) is 12.1 Å². The van der Waals surface area contributed by atoms with Crippen LogP contribution in [0.2, 0.25) is 0 Å². The number of hydrogen-bond donors (Lipinski definition) is 6. The predicted molar refractivity (Wildman–Crippen MR) is 162 cm³/mol. The SMILES string of the molecule is CNC[C@]1(C(=O)O)O[C@@H](Oc2cc3c(c(-c4ccccc4)c2)[C@@H]2Oc4c(OC)c(OC)cc(CCO)c4[C@@H]2CO3)[C@H](O)[C@@H](O)[C@@H]1O. The Morgan fingerprint density at radius 3 is 2.46 bits per heavy atom. The third kappa shape index (κ3) is 5.09. The van der Waals surface area contributed by atoms with Crippen molar-refractivity contribution in [1.82, 2.24) is 5.32 Å². The average Bonchev–Trinajstić information content (AvgIpc) is 3.45. The lowest BCUT2D eigenvalue weighted by Crippen LogP contribution is -2.71. The Morgan fingerprint density at radius 2 is 1.80 bits per heavy atom. The Labute approximate surface area is 264 Å². The molecule has 1 fully saturated rings. The standard InChI is InChI=1S/C33H37NO12/c1-34-15-33(32(39)40)30(38)25(36)26(37)31(46-33)44-18-12-19(16-7-5-4-6-8-16)24-21(13-18)43-14-20-23-17(9-10-35)11-22(41-2)28(42-3)29(23)45-27(20)24/h4-8,11-13,20,25-27,30-31,34-38H,9-10,14-15H2,1-3H3,(H,39,40)/t20-,25+,26+,27+,30-,31+,33-/m0/s1. The van der Waals surface area contributed by atoms with Gasteiger partial charge in [0.15, 0.2) is 11.5 Å². The monoisotopic (exact) mass is 639 g/mol. The number of carboxylic acid groups (broad SMARTS) is 1. The zero-order chi connectivity index (χ0) is 32.7. The van der Waals surface area contributed by atoms with E-state index >= 15 is 0 Å². The first-order valence-electron chi connectivity index (χ1n) is 14.9. The fourth-order valence-electron chi connectivity index (χ4n) is 6.65. The lowest BCUT2D eigenvalue weighted by Gasteiger charge is -2.45. The summed E-state index contributed by atoms with van der Waals surface area (Å²) in [5.41, 5.74) is 1.61. The molecular weight excluding hydrogens is 602 g/mol. The predicted octanol–water partition coefficient (Wildman–Crippen LogP) is 1.38. The first-order valence-corrected chi connectivity index (χ1v) is 14.9. The summed E-state index contributed by atoms with van der Waals surface area (Å²) >= 11 is 0. The van der Waals surface area contributed by atoms with Gasteiger partial charge in [-0.05, 0) is 42.3 Å². The minimum atomic E-state index is -2.30. The minimum Gasteiger partial charge on any atom is -0.493 e. The molecule has 0 aromatic heterocycles. The molecule has 0 saturated carbocycles. The number of aliphatic hydroxyl groups is 4. The largest absolute Gasteiger partial charge is 0.493 e. The Morgan fingerprint density at radius 1 is 1.04 bits per heavy atom. The molecule has 46 heavy (non-hydrogen) atoms. The quantitative estimate of drug-likeness (QED) is 0.187. The molecular formula is C33H37NO12. The second-order valence-electron chi connectivity index (χ2n) is 11.4. The zero-order valence-electron chi connectivity index (χ0n) is 25.5. The number of likely N-dealkylation sites (N-methyl/N-ethyl adjacent to an activating group) is 1. The number of ether oxygens (including phenoxy) is 6. The third-order valence-electron chi connectivity index (χ3n) is 8.83. The van der Waals surface area contributed by atoms with Gasteiger partial charge in [-0.3, -0.25) is 0 Å². The topological polar surface area (TPSA) is 186 Å². The van der Waals surface area contributed by atoms with E-state index in [-0.39, 0.29) is 31.4 Å². The molecule has 0 spiro atoms. The van der Waals surface area contributed by atoms with Crippen molar-refractivity contribution in [2.45, 2.75) is 48.6 Å². The van der Waals surface area contributed by atoms with Crippen LogP contribution in [0.15, 0.2) is 48.5 Å². The van der Waals surface area contributed by atoms with Gasteiger partial charge in [-0.1, -0.05) is 30.3 Å². The first kappa shape index (κ1) is 31.9. The molecule has 13 nitrogen and oxygen atoms in total. The molecule has 6 rings (SSSR count). The van der Waals surface area contributed by atoms with Gasteiger partial charge in [-0.25, -0.2) is 4.79 Å². The number of hydrogen-bond acceptors (Lipinski definition) is 12. The van der Waals surface area contributed by atoms with E-state index in [2.05, 4.69) is 5.32 Å². The Balaban J connectivity index is 1.44. The molecule has 3 aromatic carbocycles. The zero-order valence-corrected chi connectivity index (χ0v) is 25.5. The van der Waals surface area contributed by atoms with Crippen LogP contribution in [-0.4, -0.2) is 103 Å². The van der Waals surface area contributed by atoms with Gasteiger partial charge in [0.05, 0.1) is 26.7 Å². The van der Waals surface area contributed by atoms with Crippen LogP contribution in [0.25, 0.3) is 11.1 Å². The van der Waals surface area contributed by atoms with E-state index in [0.717, 1.165) is 22.3 Å². The highest BCUT2D eigenvalue weighted by molar-refractivity contribution is 5.79.